The molecule has 0 spiro atoms. The molecule has 174 valence electrons. The lowest BCUT2D eigenvalue weighted by atomic mass is 10.2. The summed E-state index contributed by atoms with van der Waals surface area (Å²) in [6.07, 6.45) is 32.9. The summed E-state index contributed by atoms with van der Waals surface area (Å²) in [6, 6.07) is 3.86. The van der Waals surface area contributed by atoms with E-state index in [9.17, 15) is 4.79 Å². The topological polar surface area (TPSA) is 51.2 Å². The minimum atomic E-state index is 0.0855. The summed E-state index contributed by atoms with van der Waals surface area (Å²) in [6.45, 7) is 3.73. The summed E-state index contributed by atoms with van der Waals surface area (Å²) < 4.78 is 5.53. The number of carbonyl (C=O) groups is 1. The number of aromatic nitrogens is 1. The second kappa shape index (κ2) is 21.5. The van der Waals surface area contributed by atoms with Crippen LogP contribution < -0.4 is 5.32 Å². The number of ether oxygens (including phenoxy) is 1. The SMILES string of the molecule is CCC=CCC=CCC=CCC=CCC=CCCCC(=O)NCCOCc1cccnc1. The van der Waals surface area contributed by atoms with Gasteiger partial charge >= 0.3 is 0 Å². The highest BCUT2D eigenvalue weighted by Crippen LogP contribution is 2.00. The van der Waals surface area contributed by atoms with Gasteiger partial charge in [0.2, 0.25) is 5.91 Å². The second-order valence-electron chi connectivity index (χ2n) is 7.36. The number of carbonyl (C=O) groups excluding carboxylic acids is 1. The Kier molecular flexibility index (Phi) is 18.4. The first-order valence-corrected chi connectivity index (χ1v) is 11.8. The van der Waals surface area contributed by atoms with Gasteiger partial charge in [0.05, 0.1) is 13.2 Å². The summed E-state index contributed by atoms with van der Waals surface area (Å²) in [4.78, 5) is 15.9. The van der Waals surface area contributed by atoms with Crippen molar-refractivity contribution in [3.8, 4) is 0 Å². The van der Waals surface area contributed by atoms with Crippen LogP contribution in [-0.2, 0) is 16.1 Å². The molecular formula is C28H40N2O2. The fourth-order valence-corrected chi connectivity index (χ4v) is 2.77. The lowest BCUT2D eigenvalue weighted by Gasteiger charge is -2.06. The Morgan fingerprint density at radius 2 is 1.56 bits per heavy atom. The predicted octanol–water partition coefficient (Wildman–Crippen LogP) is 6.64. The van der Waals surface area contributed by atoms with E-state index in [1.54, 1.807) is 12.4 Å². The molecule has 1 N–H and O–H groups in total. The zero-order chi connectivity index (χ0) is 23.0. The van der Waals surface area contributed by atoms with E-state index in [2.05, 4.69) is 78.0 Å². The van der Waals surface area contributed by atoms with Gasteiger partial charge < -0.3 is 10.1 Å². The molecule has 0 bridgehead atoms. The van der Waals surface area contributed by atoms with Crippen molar-refractivity contribution in [2.24, 2.45) is 0 Å². The summed E-state index contributed by atoms with van der Waals surface area (Å²) in [5, 5.41) is 2.90. The highest BCUT2D eigenvalue weighted by Gasteiger charge is 1.99. The first kappa shape index (κ1) is 27.3. The van der Waals surface area contributed by atoms with Crippen LogP contribution in [0.15, 0.2) is 85.3 Å². The van der Waals surface area contributed by atoms with E-state index in [0.717, 1.165) is 50.5 Å². The van der Waals surface area contributed by atoms with Crippen molar-refractivity contribution >= 4 is 5.91 Å². The van der Waals surface area contributed by atoms with Crippen molar-refractivity contribution in [3.05, 3.63) is 90.9 Å². The van der Waals surface area contributed by atoms with Gasteiger partial charge in [0.15, 0.2) is 0 Å². The van der Waals surface area contributed by atoms with E-state index in [0.29, 0.717) is 26.2 Å². The van der Waals surface area contributed by atoms with Gasteiger partial charge in [0.25, 0.3) is 0 Å². The van der Waals surface area contributed by atoms with E-state index < -0.39 is 0 Å². The molecule has 4 nitrogen and oxygen atoms in total. The molecule has 0 aliphatic heterocycles. The molecule has 0 radical (unpaired) electrons. The van der Waals surface area contributed by atoms with Crippen LogP contribution in [0.4, 0.5) is 0 Å². The highest BCUT2D eigenvalue weighted by atomic mass is 16.5. The van der Waals surface area contributed by atoms with Crippen LogP contribution in [0.5, 0.6) is 0 Å². The van der Waals surface area contributed by atoms with Crippen molar-refractivity contribution in [1.82, 2.24) is 10.3 Å². The molecule has 0 fully saturated rings. The number of pyridine rings is 1. The van der Waals surface area contributed by atoms with E-state index in [1.807, 2.05) is 12.1 Å². The maximum Gasteiger partial charge on any atom is 0.220 e. The average Bonchev–Trinajstić information content (AvgIpc) is 2.81. The zero-order valence-corrected chi connectivity index (χ0v) is 19.6. The first-order chi connectivity index (χ1) is 15.8. The quantitative estimate of drug-likeness (QED) is 0.207. The van der Waals surface area contributed by atoms with Gasteiger partial charge in [-0.1, -0.05) is 73.8 Å². The Bertz CT molecular complexity index is 718. The maximum atomic E-state index is 11.8. The molecule has 1 amide bonds. The number of hydrogen-bond acceptors (Lipinski definition) is 3. The third-order valence-corrected chi connectivity index (χ3v) is 4.49. The van der Waals surface area contributed by atoms with Crippen molar-refractivity contribution < 1.29 is 9.53 Å². The largest absolute Gasteiger partial charge is 0.375 e. The molecule has 1 aromatic rings. The molecule has 1 heterocycles. The number of rotatable bonds is 18. The van der Waals surface area contributed by atoms with E-state index in [-0.39, 0.29) is 5.91 Å². The van der Waals surface area contributed by atoms with Gasteiger partial charge in [-0.3, -0.25) is 9.78 Å². The summed E-state index contributed by atoms with van der Waals surface area (Å²) in [7, 11) is 0. The molecule has 0 aliphatic rings. The molecular weight excluding hydrogens is 396 g/mol. The molecule has 0 unspecified atom stereocenters. The van der Waals surface area contributed by atoms with Crippen LogP contribution in [0.25, 0.3) is 0 Å². The summed E-state index contributed by atoms with van der Waals surface area (Å²) >= 11 is 0. The second-order valence-corrected chi connectivity index (χ2v) is 7.36. The Hall–Kier alpha value is -2.72. The Morgan fingerprint density at radius 1 is 0.938 bits per heavy atom. The number of amides is 1. The van der Waals surface area contributed by atoms with Gasteiger partial charge in [-0.25, -0.2) is 0 Å². The molecule has 0 saturated heterocycles. The van der Waals surface area contributed by atoms with Crippen molar-refractivity contribution in [1.29, 1.82) is 0 Å². The summed E-state index contributed by atoms with van der Waals surface area (Å²) in [5.41, 5.74) is 1.04. The zero-order valence-electron chi connectivity index (χ0n) is 19.6. The maximum absolute atomic E-state index is 11.8. The fourth-order valence-electron chi connectivity index (χ4n) is 2.77. The van der Waals surface area contributed by atoms with Gasteiger partial charge in [0.1, 0.15) is 0 Å². The summed E-state index contributed by atoms with van der Waals surface area (Å²) in [5.74, 6) is 0.0855. The van der Waals surface area contributed by atoms with Crippen LogP contribution >= 0.6 is 0 Å². The van der Waals surface area contributed by atoms with Gasteiger partial charge in [-0.15, -0.1) is 0 Å². The van der Waals surface area contributed by atoms with Crippen LogP contribution in [0.2, 0.25) is 0 Å². The molecule has 4 heteroatoms. The van der Waals surface area contributed by atoms with Gasteiger partial charge in [0, 0.05) is 25.4 Å². The molecule has 0 saturated carbocycles. The van der Waals surface area contributed by atoms with Crippen LogP contribution in [0, 0.1) is 0 Å². The molecule has 1 aromatic heterocycles. The number of nitrogens with one attached hydrogen (secondary N) is 1. The predicted molar refractivity (Wildman–Crippen MR) is 135 cm³/mol. The Labute approximate surface area is 194 Å². The third-order valence-electron chi connectivity index (χ3n) is 4.49. The molecule has 32 heavy (non-hydrogen) atoms. The number of allylic oxidation sites excluding steroid dienone is 10. The Morgan fingerprint density at radius 3 is 2.16 bits per heavy atom. The van der Waals surface area contributed by atoms with Crippen LogP contribution in [0.1, 0.15) is 63.9 Å². The molecule has 1 rings (SSSR count). The van der Waals surface area contributed by atoms with Crippen LogP contribution in [0.3, 0.4) is 0 Å². The number of hydrogen-bond donors (Lipinski definition) is 1. The monoisotopic (exact) mass is 436 g/mol. The molecule has 0 aliphatic carbocycles. The number of nitrogens with zero attached hydrogens (tertiary/aromatic N) is 1. The van der Waals surface area contributed by atoms with E-state index in [4.69, 9.17) is 4.74 Å². The highest BCUT2D eigenvalue weighted by molar-refractivity contribution is 5.75. The lowest BCUT2D eigenvalue weighted by Crippen LogP contribution is -2.26. The van der Waals surface area contributed by atoms with Gasteiger partial charge in [-0.2, -0.15) is 0 Å². The molecule has 0 atom stereocenters. The fraction of sp³-hybridized carbons (Fsp3) is 0.429. The minimum absolute atomic E-state index is 0.0855. The minimum Gasteiger partial charge on any atom is -0.375 e. The van der Waals surface area contributed by atoms with Gasteiger partial charge in [-0.05, 0) is 56.6 Å². The normalized spacial score (nSPS) is 12.3. The van der Waals surface area contributed by atoms with Crippen molar-refractivity contribution in [2.75, 3.05) is 13.2 Å². The van der Waals surface area contributed by atoms with Crippen LogP contribution in [-0.4, -0.2) is 24.0 Å². The molecule has 0 aromatic carbocycles. The van der Waals surface area contributed by atoms with E-state index >= 15 is 0 Å². The number of unbranched alkanes of at least 4 members (excludes halogenated alkanes) is 1. The van der Waals surface area contributed by atoms with E-state index in [1.165, 1.54) is 0 Å². The first-order valence-electron chi connectivity index (χ1n) is 11.8. The average molecular weight is 437 g/mol. The smallest absolute Gasteiger partial charge is 0.220 e. The lowest BCUT2D eigenvalue weighted by molar-refractivity contribution is -0.121. The third kappa shape index (κ3) is 18.1. The van der Waals surface area contributed by atoms with Crippen molar-refractivity contribution in [3.63, 3.8) is 0 Å². The standard InChI is InChI=1S/C28H40N2O2/c1-2-3-4-5-6-7-8-9-10-11-12-13-14-15-16-17-18-21-28(31)30-23-24-32-26-27-20-19-22-29-25-27/h3-4,6-7,9-10,12-13,15-16,19-20,22,25H,2,5,8,11,14,17-18,21,23-24,26H2,1H3,(H,30,31). The Balaban J connectivity index is 1.90. The van der Waals surface area contributed by atoms with Crippen molar-refractivity contribution in [2.45, 2.75) is 64.9 Å².